The van der Waals surface area contributed by atoms with E-state index >= 15 is 0 Å². The van der Waals surface area contributed by atoms with Crippen LogP contribution in [0.5, 0.6) is 0 Å². The van der Waals surface area contributed by atoms with Crippen molar-refractivity contribution < 1.29 is 17.6 Å². The van der Waals surface area contributed by atoms with Crippen LogP contribution in [0.2, 0.25) is 5.02 Å². The molecule has 0 saturated heterocycles. The molecular weight excluding hydrogens is 313 g/mol. The van der Waals surface area contributed by atoms with E-state index in [4.69, 9.17) is 27.6 Å². The number of nitrogens with zero attached hydrogens (tertiary/aromatic N) is 1. The zero-order valence-corrected chi connectivity index (χ0v) is 11.9. The van der Waals surface area contributed by atoms with Crippen molar-refractivity contribution in [2.24, 2.45) is 0 Å². The lowest BCUT2D eigenvalue weighted by Gasteiger charge is -2.09. The highest BCUT2D eigenvalue weighted by Gasteiger charge is 2.23. The van der Waals surface area contributed by atoms with Gasteiger partial charge in [0.1, 0.15) is 0 Å². The number of carbonyl (C=O) groups is 1. The maximum absolute atomic E-state index is 11.7. The van der Waals surface area contributed by atoms with Crippen molar-refractivity contribution in [1.82, 2.24) is 4.98 Å². The van der Waals surface area contributed by atoms with Crippen LogP contribution in [0, 0.1) is 0 Å². The first kappa shape index (κ1) is 14.0. The summed E-state index contributed by atoms with van der Waals surface area (Å²) >= 11 is 11.4. The van der Waals surface area contributed by atoms with Crippen LogP contribution in [0.25, 0.3) is 11.3 Å². The van der Waals surface area contributed by atoms with Crippen molar-refractivity contribution in [2.45, 2.75) is 4.90 Å². The topological polar surface area (TPSA) is 77.2 Å². The van der Waals surface area contributed by atoms with E-state index in [0.29, 0.717) is 0 Å². The van der Waals surface area contributed by atoms with Gasteiger partial charge in [-0.1, -0.05) is 11.6 Å². The Labute approximate surface area is 119 Å². The number of sulfone groups is 1. The Balaban J connectivity index is 2.86. The molecule has 8 heteroatoms. The standard InChI is InChI=1S/C11H7Cl2NO4S/c1-19(16,17)8-3-2-6(11(13)15)10(12)9(8)7-4-14-5-18-7/h2-5H,1H3. The Morgan fingerprint density at radius 2 is 2.05 bits per heavy atom. The van der Waals surface area contributed by atoms with Crippen molar-refractivity contribution in [3.8, 4) is 11.3 Å². The van der Waals surface area contributed by atoms with Crippen LogP contribution < -0.4 is 0 Å². The summed E-state index contributed by atoms with van der Waals surface area (Å²) in [4.78, 5) is 14.9. The average Bonchev–Trinajstić information content (AvgIpc) is 2.79. The molecule has 0 amide bonds. The Bertz CT molecular complexity index is 738. The van der Waals surface area contributed by atoms with Gasteiger partial charge in [-0.2, -0.15) is 0 Å². The Hall–Kier alpha value is -1.37. The third-order valence-corrected chi connectivity index (χ3v) is 4.13. The monoisotopic (exact) mass is 319 g/mol. The number of aromatic nitrogens is 1. The van der Waals surface area contributed by atoms with Gasteiger partial charge in [-0.3, -0.25) is 4.79 Å². The van der Waals surface area contributed by atoms with E-state index in [9.17, 15) is 13.2 Å². The summed E-state index contributed by atoms with van der Waals surface area (Å²) < 4.78 is 28.5. The van der Waals surface area contributed by atoms with Crippen molar-refractivity contribution in [3.05, 3.63) is 35.3 Å². The van der Waals surface area contributed by atoms with Crippen LogP contribution in [0.1, 0.15) is 10.4 Å². The van der Waals surface area contributed by atoms with Gasteiger partial charge in [-0.15, -0.1) is 0 Å². The summed E-state index contributed by atoms with van der Waals surface area (Å²) in [7, 11) is -3.55. The lowest BCUT2D eigenvalue weighted by Crippen LogP contribution is -2.03. The second-order valence-electron chi connectivity index (χ2n) is 3.71. The van der Waals surface area contributed by atoms with Crippen LogP contribution in [0.3, 0.4) is 0 Å². The Morgan fingerprint density at radius 3 is 2.53 bits per heavy atom. The number of hydrogen-bond donors (Lipinski definition) is 0. The first-order valence-electron chi connectivity index (χ1n) is 4.93. The number of carbonyl (C=O) groups excluding carboxylic acids is 1. The predicted molar refractivity (Wildman–Crippen MR) is 70.2 cm³/mol. The van der Waals surface area contributed by atoms with Gasteiger partial charge in [0.2, 0.25) is 0 Å². The molecule has 0 unspecified atom stereocenters. The van der Waals surface area contributed by atoms with Gasteiger partial charge in [0.25, 0.3) is 5.24 Å². The van der Waals surface area contributed by atoms with Gasteiger partial charge in [-0.05, 0) is 23.7 Å². The molecule has 1 aromatic heterocycles. The minimum Gasteiger partial charge on any atom is -0.443 e. The van der Waals surface area contributed by atoms with E-state index in [0.717, 1.165) is 12.6 Å². The summed E-state index contributed by atoms with van der Waals surface area (Å²) in [5.41, 5.74) is 0.0790. The maximum Gasteiger partial charge on any atom is 0.253 e. The zero-order valence-electron chi connectivity index (χ0n) is 9.55. The lowest BCUT2D eigenvalue weighted by atomic mass is 10.1. The number of rotatable bonds is 3. The first-order chi connectivity index (χ1) is 8.82. The molecule has 1 aromatic carbocycles. The number of hydrogen-bond acceptors (Lipinski definition) is 5. The van der Waals surface area contributed by atoms with E-state index in [-0.39, 0.29) is 26.8 Å². The third-order valence-electron chi connectivity index (χ3n) is 2.39. The van der Waals surface area contributed by atoms with Crippen LogP contribution in [0.15, 0.2) is 34.0 Å². The second-order valence-corrected chi connectivity index (χ2v) is 6.42. The highest BCUT2D eigenvalue weighted by molar-refractivity contribution is 7.90. The molecule has 2 rings (SSSR count). The van der Waals surface area contributed by atoms with E-state index in [1.54, 1.807) is 0 Å². The minimum absolute atomic E-state index is 0.00198. The fraction of sp³-hybridized carbons (Fsp3) is 0.0909. The molecule has 0 aliphatic rings. The molecule has 0 saturated carbocycles. The molecule has 0 aliphatic heterocycles. The first-order valence-corrected chi connectivity index (χ1v) is 7.58. The largest absolute Gasteiger partial charge is 0.443 e. The molecule has 2 aromatic rings. The van der Waals surface area contributed by atoms with Gasteiger partial charge in [-0.25, -0.2) is 13.4 Å². The fourth-order valence-corrected chi connectivity index (χ4v) is 3.08. The molecule has 0 N–H and O–H groups in total. The van der Waals surface area contributed by atoms with E-state index < -0.39 is 15.1 Å². The highest BCUT2D eigenvalue weighted by Crippen LogP contribution is 2.36. The predicted octanol–water partition coefficient (Wildman–Crippen LogP) is 2.78. The molecule has 0 spiro atoms. The number of oxazole rings is 1. The molecular formula is C11H7Cl2NO4S. The number of benzene rings is 1. The quantitative estimate of drug-likeness (QED) is 0.813. The molecule has 0 bridgehead atoms. The van der Waals surface area contributed by atoms with Crippen LogP contribution >= 0.6 is 23.2 Å². The summed E-state index contributed by atoms with van der Waals surface area (Å²) in [6, 6.07) is 2.52. The van der Waals surface area contributed by atoms with E-state index in [1.165, 1.54) is 18.3 Å². The molecule has 0 aliphatic carbocycles. The minimum atomic E-state index is -3.55. The van der Waals surface area contributed by atoms with Crippen LogP contribution in [-0.4, -0.2) is 24.9 Å². The van der Waals surface area contributed by atoms with Gasteiger partial charge >= 0.3 is 0 Å². The third kappa shape index (κ3) is 2.65. The SMILES string of the molecule is CS(=O)(=O)c1ccc(C(=O)Cl)c(Cl)c1-c1cnco1. The molecule has 100 valence electrons. The normalized spacial score (nSPS) is 11.5. The fourth-order valence-electron chi connectivity index (χ4n) is 1.59. The average molecular weight is 320 g/mol. The van der Waals surface area contributed by atoms with Crippen LogP contribution in [-0.2, 0) is 9.84 Å². The van der Waals surface area contributed by atoms with Gasteiger partial charge in [0.15, 0.2) is 22.0 Å². The van der Waals surface area contributed by atoms with Gasteiger partial charge in [0, 0.05) is 6.26 Å². The van der Waals surface area contributed by atoms with E-state index in [2.05, 4.69) is 4.98 Å². The molecule has 0 radical (unpaired) electrons. The smallest absolute Gasteiger partial charge is 0.253 e. The maximum atomic E-state index is 11.7. The summed E-state index contributed by atoms with van der Waals surface area (Å²) in [5.74, 6) is 0.144. The lowest BCUT2D eigenvalue weighted by molar-refractivity contribution is 0.108. The van der Waals surface area contributed by atoms with Gasteiger partial charge in [0.05, 0.1) is 27.2 Å². The van der Waals surface area contributed by atoms with Gasteiger partial charge < -0.3 is 4.42 Å². The Morgan fingerprint density at radius 1 is 1.37 bits per heavy atom. The second kappa shape index (κ2) is 4.96. The molecule has 0 fully saturated rings. The summed E-state index contributed by atoms with van der Waals surface area (Å²) in [6.45, 7) is 0. The zero-order chi connectivity index (χ0) is 14.2. The molecule has 1 heterocycles. The molecule has 19 heavy (non-hydrogen) atoms. The van der Waals surface area contributed by atoms with E-state index in [1.807, 2.05) is 0 Å². The highest BCUT2D eigenvalue weighted by atomic mass is 35.5. The summed E-state index contributed by atoms with van der Waals surface area (Å²) in [6.07, 6.45) is 3.46. The van der Waals surface area contributed by atoms with Crippen LogP contribution in [0.4, 0.5) is 0 Å². The molecule has 5 nitrogen and oxygen atoms in total. The van der Waals surface area contributed by atoms with Crippen molar-refractivity contribution >= 4 is 38.3 Å². The van der Waals surface area contributed by atoms with Crippen molar-refractivity contribution in [2.75, 3.05) is 6.26 Å². The number of halogens is 2. The van der Waals surface area contributed by atoms with Crippen molar-refractivity contribution in [3.63, 3.8) is 0 Å². The molecule has 0 atom stereocenters. The summed E-state index contributed by atoms with van der Waals surface area (Å²) in [5, 5.41) is -0.870. The van der Waals surface area contributed by atoms with Crippen molar-refractivity contribution in [1.29, 1.82) is 0 Å². The Kier molecular flexibility index (Phi) is 3.66.